The summed E-state index contributed by atoms with van der Waals surface area (Å²) in [5.41, 5.74) is 1.01. The van der Waals surface area contributed by atoms with Crippen LogP contribution in [0, 0.1) is 0 Å². The van der Waals surface area contributed by atoms with E-state index in [0.717, 1.165) is 16.8 Å². The number of hydrogen-bond donors (Lipinski definition) is 0. The van der Waals surface area contributed by atoms with Crippen LogP contribution in [0.15, 0.2) is 65.6 Å². The van der Waals surface area contributed by atoms with E-state index in [0.29, 0.717) is 55.4 Å². The predicted octanol–water partition coefficient (Wildman–Crippen LogP) is 4.15. The van der Waals surface area contributed by atoms with Gasteiger partial charge in [-0.25, -0.2) is 8.42 Å². The Morgan fingerprint density at radius 1 is 0.742 bits per heavy atom. The summed E-state index contributed by atoms with van der Waals surface area (Å²) in [5.74, 6) is 1.54. The van der Waals surface area contributed by atoms with Crippen LogP contribution in [0.1, 0.15) is 13.8 Å². The number of hydrogen-bond acceptors (Lipinski definition) is 5. The molecule has 0 N–H and O–H groups in total. The van der Waals surface area contributed by atoms with Gasteiger partial charge in [0.15, 0.2) is 0 Å². The number of anilines is 1. The first-order valence-electron chi connectivity index (χ1n) is 10.7. The average molecular weight is 441 g/mol. The second kappa shape index (κ2) is 9.16. The minimum absolute atomic E-state index is 0.328. The maximum absolute atomic E-state index is 13.5. The van der Waals surface area contributed by atoms with E-state index in [1.807, 2.05) is 62.4 Å². The van der Waals surface area contributed by atoms with Crippen molar-refractivity contribution in [2.75, 3.05) is 44.3 Å². The maximum atomic E-state index is 13.5. The van der Waals surface area contributed by atoms with Gasteiger partial charge < -0.3 is 14.4 Å². The number of piperazine rings is 1. The number of fused-ring (bicyclic) bond motifs is 1. The normalized spacial score (nSPS) is 15.2. The summed E-state index contributed by atoms with van der Waals surface area (Å²) >= 11 is 0. The fourth-order valence-corrected chi connectivity index (χ4v) is 5.67. The molecule has 1 saturated heterocycles. The molecule has 31 heavy (non-hydrogen) atoms. The van der Waals surface area contributed by atoms with Crippen LogP contribution < -0.4 is 14.4 Å². The standard InChI is InChI=1S/C24H28N2O4S/c1-3-29-22-13-14-24(20-10-6-5-9-19(20)22)31(27,28)26-17-15-25(16-18-26)21-11-7-8-12-23(21)30-4-2/h5-14H,3-4,15-18H2,1-2H3. The second-order valence-corrected chi connectivity index (χ2v) is 9.24. The number of benzene rings is 3. The van der Waals surface area contributed by atoms with Gasteiger partial charge in [0.25, 0.3) is 0 Å². The summed E-state index contributed by atoms with van der Waals surface area (Å²) in [6.07, 6.45) is 0. The molecule has 0 saturated carbocycles. The third-order valence-electron chi connectivity index (χ3n) is 5.51. The minimum Gasteiger partial charge on any atom is -0.493 e. The van der Waals surface area contributed by atoms with Crippen LogP contribution in [0.2, 0.25) is 0 Å². The highest BCUT2D eigenvalue weighted by molar-refractivity contribution is 7.89. The molecule has 1 aliphatic rings. The van der Waals surface area contributed by atoms with E-state index >= 15 is 0 Å². The van der Waals surface area contributed by atoms with Crippen molar-refractivity contribution in [3.05, 3.63) is 60.7 Å². The highest BCUT2D eigenvalue weighted by atomic mass is 32.2. The Bertz CT molecular complexity index is 1160. The molecule has 0 unspecified atom stereocenters. The van der Waals surface area contributed by atoms with Crippen molar-refractivity contribution in [1.82, 2.24) is 4.31 Å². The maximum Gasteiger partial charge on any atom is 0.243 e. The third-order valence-corrected chi connectivity index (χ3v) is 7.46. The Morgan fingerprint density at radius 2 is 1.35 bits per heavy atom. The molecule has 0 amide bonds. The van der Waals surface area contributed by atoms with E-state index in [4.69, 9.17) is 9.47 Å². The summed E-state index contributed by atoms with van der Waals surface area (Å²) in [7, 11) is -3.63. The highest BCUT2D eigenvalue weighted by Gasteiger charge is 2.31. The Hall–Kier alpha value is -2.77. The topological polar surface area (TPSA) is 59.1 Å². The molecule has 1 heterocycles. The molecule has 0 radical (unpaired) electrons. The second-order valence-electron chi connectivity index (χ2n) is 7.33. The molecular formula is C24H28N2O4S. The molecule has 3 aromatic rings. The van der Waals surface area contributed by atoms with Crippen LogP contribution in [0.25, 0.3) is 10.8 Å². The quantitative estimate of drug-likeness (QED) is 0.552. The molecule has 6 nitrogen and oxygen atoms in total. The van der Waals surface area contributed by atoms with E-state index in [-0.39, 0.29) is 0 Å². The van der Waals surface area contributed by atoms with Gasteiger partial charge in [0, 0.05) is 37.0 Å². The molecule has 0 atom stereocenters. The first-order valence-corrected chi connectivity index (χ1v) is 12.1. The third kappa shape index (κ3) is 4.20. The van der Waals surface area contributed by atoms with Gasteiger partial charge in [-0.1, -0.05) is 36.4 Å². The van der Waals surface area contributed by atoms with E-state index < -0.39 is 10.0 Å². The van der Waals surface area contributed by atoms with Gasteiger partial charge in [0.2, 0.25) is 10.0 Å². The van der Waals surface area contributed by atoms with Gasteiger partial charge in [-0.3, -0.25) is 0 Å². The van der Waals surface area contributed by atoms with Crippen molar-refractivity contribution in [3.63, 3.8) is 0 Å². The lowest BCUT2D eigenvalue weighted by Crippen LogP contribution is -2.48. The number of sulfonamides is 1. The number of para-hydroxylation sites is 2. The van der Waals surface area contributed by atoms with Crippen LogP contribution in [0.4, 0.5) is 5.69 Å². The first-order chi connectivity index (χ1) is 15.1. The van der Waals surface area contributed by atoms with Gasteiger partial charge in [-0.2, -0.15) is 4.31 Å². The van der Waals surface area contributed by atoms with Crippen LogP contribution in [0.5, 0.6) is 11.5 Å². The zero-order valence-electron chi connectivity index (χ0n) is 18.0. The Labute approximate surface area is 184 Å². The van der Waals surface area contributed by atoms with E-state index in [2.05, 4.69) is 4.90 Å². The summed E-state index contributed by atoms with van der Waals surface area (Å²) in [6.45, 7) is 7.06. The Kier molecular flexibility index (Phi) is 6.34. The molecule has 4 rings (SSSR count). The monoisotopic (exact) mass is 440 g/mol. The number of nitrogens with zero attached hydrogens (tertiary/aromatic N) is 2. The van der Waals surface area contributed by atoms with Crippen molar-refractivity contribution in [3.8, 4) is 11.5 Å². The molecule has 164 valence electrons. The molecule has 0 aromatic heterocycles. The summed E-state index contributed by atoms with van der Waals surface area (Å²) in [5, 5.41) is 1.51. The largest absolute Gasteiger partial charge is 0.493 e. The summed E-state index contributed by atoms with van der Waals surface area (Å²) < 4.78 is 40.1. The Balaban J connectivity index is 1.59. The zero-order chi connectivity index (χ0) is 21.8. The molecule has 3 aromatic carbocycles. The lowest BCUT2D eigenvalue weighted by atomic mass is 10.1. The zero-order valence-corrected chi connectivity index (χ0v) is 18.8. The lowest BCUT2D eigenvalue weighted by molar-refractivity contribution is 0.337. The van der Waals surface area contributed by atoms with Crippen LogP contribution in [-0.2, 0) is 10.0 Å². The first kappa shape index (κ1) is 21.5. The molecule has 0 spiro atoms. The number of rotatable bonds is 7. The molecule has 7 heteroatoms. The van der Waals surface area contributed by atoms with Crippen LogP contribution >= 0.6 is 0 Å². The van der Waals surface area contributed by atoms with Gasteiger partial charge in [0.1, 0.15) is 11.5 Å². The molecule has 1 aliphatic heterocycles. The SMILES string of the molecule is CCOc1ccccc1N1CCN(S(=O)(=O)c2ccc(OCC)c3ccccc23)CC1. The predicted molar refractivity (Wildman–Crippen MR) is 124 cm³/mol. The average Bonchev–Trinajstić information content (AvgIpc) is 2.80. The van der Waals surface area contributed by atoms with Crippen molar-refractivity contribution in [1.29, 1.82) is 0 Å². The van der Waals surface area contributed by atoms with E-state index in [9.17, 15) is 8.42 Å². The Morgan fingerprint density at radius 3 is 2.06 bits per heavy atom. The van der Waals surface area contributed by atoms with Gasteiger partial charge in [-0.05, 0) is 38.1 Å². The fraction of sp³-hybridized carbons (Fsp3) is 0.333. The molecule has 0 aliphatic carbocycles. The lowest BCUT2D eigenvalue weighted by Gasteiger charge is -2.36. The van der Waals surface area contributed by atoms with Crippen molar-refractivity contribution < 1.29 is 17.9 Å². The van der Waals surface area contributed by atoms with E-state index in [1.54, 1.807) is 16.4 Å². The van der Waals surface area contributed by atoms with Crippen LogP contribution in [-0.4, -0.2) is 52.1 Å². The number of ether oxygens (including phenoxy) is 2. The van der Waals surface area contributed by atoms with Gasteiger partial charge in [0.05, 0.1) is 23.8 Å². The van der Waals surface area contributed by atoms with Crippen molar-refractivity contribution in [2.45, 2.75) is 18.7 Å². The molecular weight excluding hydrogens is 412 g/mol. The minimum atomic E-state index is -3.63. The molecule has 0 bridgehead atoms. The van der Waals surface area contributed by atoms with Crippen molar-refractivity contribution in [2.24, 2.45) is 0 Å². The van der Waals surface area contributed by atoms with Crippen LogP contribution in [0.3, 0.4) is 0 Å². The highest BCUT2D eigenvalue weighted by Crippen LogP contribution is 2.34. The van der Waals surface area contributed by atoms with Gasteiger partial charge >= 0.3 is 0 Å². The molecule has 1 fully saturated rings. The smallest absolute Gasteiger partial charge is 0.243 e. The fourth-order valence-electron chi connectivity index (χ4n) is 4.05. The summed E-state index contributed by atoms with van der Waals surface area (Å²) in [6, 6.07) is 18.8. The van der Waals surface area contributed by atoms with Crippen molar-refractivity contribution >= 4 is 26.5 Å². The van der Waals surface area contributed by atoms with E-state index in [1.165, 1.54) is 0 Å². The summed E-state index contributed by atoms with van der Waals surface area (Å²) in [4.78, 5) is 2.52. The van der Waals surface area contributed by atoms with Gasteiger partial charge in [-0.15, -0.1) is 0 Å².